The molecule has 0 aliphatic rings. The van der Waals surface area contributed by atoms with Crippen LogP contribution in [0.1, 0.15) is 71.6 Å². The summed E-state index contributed by atoms with van der Waals surface area (Å²) in [4.78, 5) is 0. The second kappa shape index (κ2) is 16.9. The van der Waals surface area contributed by atoms with Gasteiger partial charge in [-0.05, 0) is 25.2 Å². The van der Waals surface area contributed by atoms with Gasteiger partial charge in [-0.2, -0.15) is 0 Å². The van der Waals surface area contributed by atoms with Crippen LogP contribution >= 0.6 is 0 Å². The monoisotopic (exact) mass is 288 g/mol. The van der Waals surface area contributed by atoms with Crippen LogP contribution in [-0.4, -0.2) is 38.1 Å². The van der Waals surface area contributed by atoms with Gasteiger partial charge in [-0.1, -0.05) is 52.4 Å². The van der Waals surface area contributed by atoms with E-state index in [1.54, 1.807) is 0 Å². The highest BCUT2D eigenvalue weighted by Crippen LogP contribution is 2.15. The molecule has 0 radical (unpaired) electrons. The van der Waals surface area contributed by atoms with E-state index in [1.807, 2.05) is 0 Å². The normalized spacial score (nSPS) is 12.8. The largest absolute Gasteiger partial charge is 0.396 e. The molecule has 0 bridgehead atoms. The first kappa shape index (κ1) is 19.9. The molecule has 3 nitrogen and oxygen atoms in total. The van der Waals surface area contributed by atoms with E-state index in [4.69, 9.17) is 14.6 Å². The van der Waals surface area contributed by atoms with E-state index >= 15 is 0 Å². The molecule has 0 saturated heterocycles. The van der Waals surface area contributed by atoms with Crippen LogP contribution in [0.3, 0.4) is 0 Å². The fraction of sp³-hybridized carbons (Fsp3) is 1.00. The second-order valence-corrected chi connectivity index (χ2v) is 5.60. The number of rotatable bonds is 16. The molecule has 0 aromatic heterocycles. The minimum Gasteiger partial charge on any atom is -0.396 e. The Bertz CT molecular complexity index is 174. The molecule has 0 aromatic carbocycles. The molecule has 0 spiro atoms. The molecule has 1 atom stereocenters. The van der Waals surface area contributed by atoms with E-state index in [2.05, 4.69) is 13.8 Å². The first-order chi connectivity index (χ1) is 9.85. The number of hydrogen-bond acceptors (Lipinski definition) is 3. The Hall–Kier alpha value is -0.120. The van der Waals surface area contributed by atoms with E-state index in [-0.39, 0.29) is 6.61 Å². The highest BCUT2D eigenvalue weighted by molar-refractivity contribution is 4.57. The van der Waals surface area contributed by atoms with Gasteiger partial charge in [0.25, 0.3) is 0 Å². The third-order valence-corrected chi connectivity index (χ3v) is 3.67. The molecule has 0 aliphatic heterocycles. The molecule has 0 fully saturated rings. The lowest BCUT2D eigenvalue weighted by Gasteiger charge is -2.15. The first-order valence-electron chi connectivity index (χ1n) is 8.61. The predicted molar refractivity (Wildman–Crippen MR) is 85.1 cm³/mol. The molecule has 0 heterocycles. The number of aliphatic hydroxyl groups is 1. The molecule has 0 aromatic rings. The fourth-order valence-corrected chi connectivity index (χ4v) is 2.22. The highest BCUT2D eigenvalue weighted by atomic mass is 16.5. The molecule has 122 valence electrons. The molecule has 3 heteroatoms. The Labute approximate surface area is 126 Å². The van der Waals surface area contributed by atoms with Gasteiger partial charge in [-0.3, -0.25) is 0 Å². The quantitative estimate of drug-likeness (QED) is 0.433. The minimum atomic E-state index is 0.215. The van der Waals surface area contributed by atoms with Gasteiger partial charge >= 0.3 is 0 Å². The minimum absolute atomic E-state index is 0.215. The molecule has 0 rings (SSSR count). The van der Waals surface area contributed by atoms with Crippen LogP contribution in [0.4, 0.5) is 0 Å². The summed E-state index contributed by atoms with van der Waals surface area (Å²) in [7, 11) is 0. The SMILES string of the molecule is CCCCCCCC(CC)COCCCOCCCO. The van der Waals surface area contributed by atoms with Crippen molar-refractivity contribution in [2.75, 3.05) is 33.0 Å². The third kappa shape index (κ3) is 14.3. The predicted octanol–water partition coefficient (Wildman–Crippen LogP) is 4.18. The summed E-state index contributed by atoms with van der Waals surface area (Å²) in [6.45, 7) is 7.84. The summed E-state index contributed by atoms with van der Waals surface area (Å²) in [6.07, 6.45) is 11.0. The second-order valence-electron chi connectivity index (χ2n) is 5.60. The maximum absolute atomic E-state index is 8.61. The summed E-state index contributed by atoms with van der Waals surface area (Å²) < 4.78 is 11.1. The lowest BCUT2D eigenvalue weighted by Crippen LogP contribution is -2.11. The van der Waals surface area contributed by atoms with Crippen molar-refractivity contribution in [3.8, 4) is 0 Å². The standard InChI is InChI=1S/C17H36O3/c1-3-5-6-7-8-11-17(4-2)16-20-15-10-14-19-13-9-12-18/h17-18H,3-16H2,1-2H3. The lowest BCUT2D eigenvalue weighted by atomic mass is 9.99. The maximum Gasteiger partial charge on any atom is 0.0494 e. The van der Waals surface area contributed by atoms with Crippen LogP contribution in [0.25, 0.3) is 0 Å². The maximum atomic E-state index is 8.61. The van der Waals surface area contributed by atoms with Gasteiger partial charge in [0, 0.05) is 33.0 Å². The van der Waals surface area contributed by atoms with Gasteiger partial charge in [0.2, 0.25) is 0 Å². The third-order valence-electron chi connectivity index (χ3n) is 3.67. The molecular weight excluding hydrogens is 252 g/mol. The van der Waals surface area contributed by atoms with Crippen molar-refractivity contribution in [3.63, 3.8) is 0 Å². The number of hydrogen-bond donors (Lipinski definition) is 1. The Kier molecular flexibility index (Phi) is 16.8. The molecule has 0 amide bonds. The molecule has 0 saturated carbocycles. The van der Waals surface area contributed by atoms with Crippen LogP contribution < -0.4 is 0 Å². The fourth-order valence-electron chi connectivity index (χ4n) is 2.22. The van der Waals surface area contributed by atoms with Crippen LogP contribution in [0.15, 0.2) is 0 Å². The van der Waals surface area contributed by atoms with Gasteiger partial charge in [-0.25, -0.2) is 0 Å². The van der Waals surface area contributed by atoms with Crippen LogP contribution in [0.5, 0.6) is 0 Å². The Morgan fingerprint density at radius 3 is 2.20 bits per heavy atom. The summed E-state index contributed by atoms with van der Waals surface area (Å²) in [5.41, 5.74) is 0. The van der Waals surface area contributed by atoms with Gasteiger partial charge in [0.1, 0.15) is 0 Å². The summed E-state index contributed by atoms with van der Waals surface area (Å²) in [5, 5.41) is 8.61. The van der Waals surface area contributed by atoms with E-state index < -0.39 is 0 Å². The number of unbranched alkanes of at least 4 members (excludes halogenated alkanes) is 4. The Morgan fingerprint density at radius 2 is 1.50 bits per heavy atom. The Balaban J connectivity index is 3.28. The topological polar surface area (TPSA) is 38.7 Å². The van der Waals surface area contributed by atoms with Crippen LogP contribution in [0.2, 0.25) is 0 Å². The van der Waals surface area contributed by atoms with E-state index in [1.165, 1.54) is 44.9 Å². The number of ether oxygens (including phenoxy) is 2. The van der Waals surface area contributed by atoms with Crippen molar-refractivity contribution in [1.29, 1.82) is 0 Å². The molecule has 1 unspecified atom stereocenters. The average Bonchev–Trinajstić information content (AvgIpc) is 2.47. The zero-order valence-corrected chi connectivity index (χ0v) is 13.7. The van der Waals surface area contributed by atoms with Crippen molar-refractivity contribution in [2.24, 2.45) is 5.92 Å². The Morgan fingerprint density at radius 1 is 0.800 bits per heavy atom. The lowest BCUT2D eigenvalue weighted by molar-refractivity contribution is 0.0594. The van der Waals surface area contributed by atoms with Crippen LogP contribution in [-0.2, 0) is 9.47 Å². The van der Waals surface area contributed by atoms with Crippen molar-refractivity contribution >= 4 is 0 Å². The average molecular weight is 288 g/mol. The van der Waals surface area contributed by atoms with E-state index in [0.717, 1.165) is 38.6 Å². The van der Waals surface area contributed by atoms with Gasteiger partial charge in [0.15, 0.2) is 0 Å². The zero-order chi connectivity index (χ0) is 14.9. The molecule has 0 aliphatic carbocycles. The zero-order valence-electron chi connectivity index (χ0n) is 13.7. The van der Waals surface area contributed by atoms with E-state index in [0.29, 0.717) is 6.61 Å². The van der Waals surface area contributed by atoms with Gasteiger partial charge in [0.05, 0.1) is 0 Å². The van der Waals surface area contributed by atoms with Crippen molar-refractivity contribution in [2.45, 2.75) is 71.6 Å². The highest BCUT2D eigenvalue weighted by Gasteiger charge is 2.06. The van der Waals surface area contributed by atoms with Gasteiger partial charge < -0.3 is 14.6 Å². The summed E-state index contributed by atoms with van der Waals surface area (Å²) in [5.74, 6) is 0.729. The van der Waals surface area contributed by atoms with Crippen molar-refractivity contribution in [3.05, 3.63) is 0 Å². The smallest absolute Gasteiger partial charge is 0.0494 e. The molecular formula is C17H36O3. The van der Waals surface area contributed by atoms with Crippen LogP contribution in [0, 0.1) is 5.92 Å². The first-order valence-corrected chi connectivity index (χ1v) is 8.61. The molecule has 20 heavy (non-hydrogen) atoms. The summed E-state index contributed by atoms with van der Waals surface area (Å²) >= 11 is 0. The van der Waals surface area contributed by atoms with Crippen molar-refractivity contribution < 1.29 is 14.6 Å². The number of aliphatic hydroxyl groups excluding tert-OH is 1. The van der Waals surface area contributed by atoms with E-state index in [9.17, 15) is 0 Å². The summed E-state index contributed by atoms with van der Waals surface area (Å²) in [6, 6.07) is 0. The van der Waals surface area contributed by atoms with Gasteiger partial charge in [-0.15, -0.1) is 0 Å². The molecule has 1 N–H and O–H groups in total. The van der Waals surface area contributed by atoms with Crippen molar-refractivity contribution in [1.82, 2.24) is 0 Å².